The Hall–Kier alpha value is -1.44. The maximum absolute atomic E-state index is 12.6. The second-order valence-electron chi connectivity index (χ2n) is 7.57. The Labute approximate surface area is 155 Å². The predicted molar refractivity (Wildman–Crippen MR) is 99.0 cm³/mol. The SMILES string of the molecule is O=C(CC1CCN(S(=O)(=O)c2ccccc2)CC1)NCC1(O)CCCC1. The number of aliphatic hydroxyl groups is 1. The Morgan fingerprint density at radius 3 is 2.38 bits per heavy atom. The van der Waals surface area contributed by atoms with E-state index < -0.39 is 15.6 Å². The molecule has 0 radical (unpaired) electrons. The molecule has 0 bridgehead atoms. The second-order valence-corrected chi connectivity index (χ2v) is 9.51. The molecule has 0 atom stereocenters. The molecule has 1 aliphatic carbocycles. The molecule has 3 rings (SSSR count). The molecule has 0 unspecified atom stereocenters. The van der Waals surface area contributed by atoms with Gasteiger partial charge in [0.05, 0.1) is 10.5 Å². The topological polar surface area (TPSA) is 86.7 Å². The summed E-state index contributed by atoms with van der Waals surface area (Å²) in [7, 11) is -3.44. The van der Waals surface area contributed by atoms with Gasteiger partial charge >= 0.3 is 0 Å². The van der Waals surface area contributed by atoms with E-state index in [-0.39, 0.29) is 11.8 Å². The van der Waals surface area contributed by atoms with Gasteiger partial charge in [0.15, 0.2) is 0 Å². The molecule has 1 saturated heterocycles. The van der Waals surface area contributed by atoms with E-state index in [1.807, 2.05) is 0 Å². The van der Waals surface area contributed by atoms with Crippen LogP contribution in [0.3, 0.4) is 0 Å². The molecule has 1 heterocycles. The number of carbonyl (C=O) groups is 1. The van der Waals surface area contributed by atoms with Crippen LogP contribution >= 0.6 is 0 Å². The van der Waals surface area contributed by atoms with Gasteiger partial charge in [-0.05, 0) is 43.7 Å². The largest absolute Gasteiger partial charge is 0.388 e. The molecule has 1 amide bonds. The van der Waals surface area contributed by atoms with E-state index in [1.54, 1.807) is 30.3 Å². The van der Waals surface area contributed by atoms with Crippen LogP contribution in [0.5, 0.6) is 0 Å². The number of benzene rings is 1. The summed E-state index contributed by atoms with van der Waals surface area (Å²) in [6, 6.07) is 8.47. The summed E-state index contributed by atoms with van der Waals surface area (Å²) in [6.45, 7) is 1.21. The Morgan fingerprint density at radius 2 is 1.77 bits per heavy atom. The lowest BCUT2D eigenvalue weighted by Crippen LogP contribution is -2.42. The highest BCUT2D eigenvalue weighted by Crippen LogP contribution is 2.29. The molecule has 26 heavy (non-hydrogen) atoms. The van der Waals surface area contributed by atoms with Crippen molar-refractivity contribution in [3.63, 3.8) is 0 Å². The van der Waals surface area contributed by atoms with Gasteiger partial charge in [-0.15, -0.1) is 0 Å². The number of nitrogens with zero attached hydrogens (tertiary/aromatic N) is 1. The van der Waals surface area contributed by atoms with Gasteiger partial charge < -0.3 is 10.4 Å². The van der Waals surface area contributed by atoms with E-state index in [2.05, 4.69) is 5.32 Å². The van der Waals surface area contributed by atoms with Gasteiger partial charge in [-0.25, -0.2) is 8.42 Å². The molecule has 0 spiro atoms. The standard InChI is InChI=1S/C19H28N2O4S/c22-18(20-15-19(23)10-4-5-11-19)14-16-8-12-21(13-9-16)26(24,25)17-6-2-1-3-7-17/h1-3,6-7,16,23H,4-5,8-15H2,(H,20,22). The van der Waals surface area contributed by atoms with E-state index in [9.17, 15) is 18.3 Å². The highest BCUT2D eigenvalue weighted by atomic mass is 32.2. The fraction of sp³-hybridized carbons (Fsp3) is 0.632. The van der Waals surface area contributed by atoms with Crippen molar-refractivity contribution in [1.82, 2.24) is 9.62 Å². The summed E-state index contributed by atoms with van der Waals surface area (Å²) >= 11 is 0. The first-order valence-corrected chi connectivity index (χ1v) is 10.9. The molecule has 2 N–H and O–H groups in total. The number of amides is 1. The van der Waals surface area contributed by atoms with Gasteiger partial charge in [0.1, 0.15) is 0 Å². The minimum atomic E-state index is -3.44. The van der Waals surface area contributed by atoms with Crippen molar-refractivity contribution in [1.29, 1.82) is 0 Å². The van der Waals surface area contributed by atoms with Crippen LogP contribution in [0.2, 0.25) is 0 Å². The number of hydrogen-bond acceptors (Lipinski definition) is 4. The number of nitrogens with one attached hydrogen (secondary N) is 1. The maximum Gasteiger partial charge on any atom is 0.243 e. The smallest absolute Gasteiger partial charge is 0.243 e. The van der Waals surface area contributed by atoms with Crippen LogP contribution in [0, 0.1) is 5.92 Å². The quantitative estimate of drug-likeness (QED) is 0.789. The summed E-state index contributed by atoms with van der Waals surface area (Å²) in [5.41, 5.74) is -0.733. The van der Waals surface area contributed by atoms with Crippen LogP contribution in [-0.4, -0.2) is 49.0 Å². The van der Waals surface area contributed by atoms with Crippen molar-refractivity contribution in [2.24, 2.45) is 5.92 Å². The molecule has 1 aliphatic heterocycles. The zero-order valence-electron chi connectivity index (χ0n) is 15.1. The third-order valence-corrected chi connectivity index (χ3v) is 7.49. The Morgan fingerprint density at radius 1 is 1.15 bits per heavy atom. The minimum Gasteiger partial charge on any atom is -0.388 e. The molecule has 1 saturated carbocycles. The Bertz CT molecular complexity index is 706. The zero-order valence-corrected chi connectivity index (χ0v) is 15.9. The normalized spacial score (nSPS) is 21.6. The Kier molecular flexibility index (Phi) is 5.99. The average Bonchev–Trinajstić information content (AvgIpc) is 3.08. The lowest BCUT2D eigenvalue weighted by atomic mass is 9.94. The number of rotatable bonds is 6. The monoisotopic (exact) mass is 380 g/mol. The lowest BCUT2D eigenvalue weighted by molar-refractivity contribution is -0.123. The van der Waals surface area contributed by atoms with Crippen LogP contribution in [-0.2, 0) is 14.8 Å². The van der Waals surface area contributed by atoms with Gasteiger partial charge in [-0.2, -0.15) is 4.31 Å². The van der Waals surface area contributed by atoms with E-state index >= 15 is 0 Å². The van der Waals surface area contributed by atoms with Crippen LogP contribution in [0.1, 0.15) is 44.9 Å². The number of hydrogen-bond donors (Lipinski definition) is 2. The van der Waals surface area contributed by atoms with Crippen molar-refractivity contribution in [3.05, 3.63) is 30.3 Å². The molecule has 0 aromatic heterocycles. The van der Waals surface area contributed by atoms with E-state index in [4.69, 9.17) is 0 Å². The van der Waals surface area contributed by atoms with Gasteiger partial charge in [-0.3, -0.25) is 4.79 Å². The zero-order chi connectivity index (χ0) is 18.6. The first-order chi connectivity index (χ1) is 12.4. The van der Waals surface area contributed by atoms with Crippen LogP contribution in [0.15, 0.2) is 35.2 Å². The molecular weight excluding hydrogens is 352 g/mol. The van der Waals surface area contributed by atoms with E-state index in [0.29, 0.717) is 43.8 Å². The number of sulfonamides is 1. The van der Waals surface area contributed by atoms with Crippen LogP contribution in [0.25, 0.3) is 0 Å². The number of piperidine rings is 1. The lowest BCUT2D eigenvalue weighted by Gasteiger charge is -2.31. The van der Waals surface area contributed by atoms with Gasteiger partial charge in [-0.1, -0.05) is 31.0 Å². The van der Waals surface area contributed by atoms with Crippen molar-refractivity contribution >= 4 is 15.9 Å². The molecule has 1 aromatic rings. The fourth-order valence-corrected chi connectivity index (χ4v) is 5.39. The third-order valence-electron chi connectivity index (χ3n) is 5.58. The minimum absolute atomic E-state index is 0.0466. The molecular formula is C19H28N2O4S. The van der Waals surface area contributed by atoms with Gasteiger partial charge in [0.2, 0.25) is 15.9 Å². The van der Waals surface area contributed by atoms with Crippen molar-refractivity contribution in [3.8, 4) is 0 Å². The highest BCUT2D eigenvalue weighted by Gasteiger charge is 2.33. The molecule has 1 aromatic carbocycles. The predicted octanol–water partition coefficient (Wildman–Crippen LogP) is 1.90. The molecule has 144 valence electrons. The summed E-state index contributed by atoms with van der Waals surface area (Å²) in [5.74, 6) is 0.144. The van der Waals surface area contributed by atoms with E-state index in [1.165, 1.54) is 4.31 Å². The second kappa shape index (κ2) is 8.06. The first kappa shape index (κ1) is 19.3. The fourth-order valence-electron chi connectivity index (χ4n) is 3.90. The Balaban J connectivity index is 1.45. The van der Waals surface area contributed by atoms with E-state index in [0.717, 1.165) is 25.7 Å². The maximum atomic E-state index is 12.6. The molecule has 2 aliphatic rings. The summed E-state index contributed by atoms with van der Waals surface area (Å²) < 4.78 is 26.8. The summed E-state index contributed by atoms with van der Waals surface area (Å²) in [6.07, 6.45) is 5.30. The van der Waals surface area contributed by atoms with Crippen LogP contribution in [0.4, 0.5) is 0 Å². The molecule has 2 fully saturated rings. The van der Waals surface area contributed by atoms with Gasteiger partial charge in [0, 0.05) is 26.1 Å². The molecule has 7 heteroatoms. The third kappa shape index (κ3) is 4.64. The average molecular weight is 381 g/mol. The summed E-state index contributed by atoms with van der Waals surface area (Å²) in [5, 5.41) is 13.1. The summed E-state index contributed by atoms with van der Waals surface area (Å²) in [4.78, 5) is 12.5. The molecule has 6 nitrogen and oxygen atoms in total. The van der Waals surface area contributed by atoms with Crippen LogP contribution < -0.4 is 5.32 Å². The highest BCUT2D eigenvalue weighted by molar-refractivity contribution is 7.89. The first-order valence-electron chi connectivity index (χ1n) is 9.43. The van der Waals surface area contributed by atoms with Crippen molar-refractivity contribution in [2.45, 2.75) is 55.4 Å². The number of carbonyl (C=O) groups excluding carboxylic acids is 1. The van der Waals surface area contributed by atoms with Gasteiger partial charge in [0.25, 0.3) is 0 Å². The van der Waals surface area contributed by atoms with Crippen molar-refractivity contribution in [2.75, 3.05) is 19.6 Å². The van der Waals surface area contributed by atoms with Crippen molar-refractivity contribution < 1.29 is 18.3 Å².